The fraction of sp³-hybridized carbons (Fsp3) is 0.417. The van der Waals surface area contributed by atoms with Crippen molar-refractivity contribution in [3.8, 4) is 0 Å². The number of anilines is 1. The van der Waals surface area contributed by atoms with Crippen molar-refractivity contribution in [2.45, 2.75) is 25.8 Å². The SMILES string of the molecule is CCC[C@H](NC(=O)CN1CCN(CC(=O)Nc2cccc(F)c2)CC1)c1ccccc1. The van der Waals surface area contributed by atoms with E-state index in [1.165, 1.54) is 12.1 Å². The fourth-order valence-electron chi connectivity index (χ4n) is 3.81. The summed E-state index contributed by atoms with van der Waals surface area (Å²) in [5.74, 6) is -0.514. The summed E-state index contributed by atoms with van der Waals surface area (Å²) < 4.78 is 13.2. The minimum atomic E-state index is -0.377. The van der Waals surface area contributed by atoms with E-state index in [-0.39, 0.29) is 30.2 Å². The van der Waals surface area contributed by atoms with Crippen molar-refractivity contribution in [2.75, 3.05) is 44.6 Å². The zero-order chi connectivity index (χ0) is 22.1. The van der Waals surface area contributed by atoms with Crippen molar-refractivity contribution < 1.29 is 14.0 Å². The minimum absolute atomic E-state index is 0.0274. The second-order valence-corrected chi connectivity index (χ2v) is 7.93. The van der Waals surface area contributed by atoms with E-state index in [9.17, 15) is 14.0 Å². The molecule has 31 heavy (non-hydrogen) atoms. The topological polar surface area (TPSA) is 64.7 Å². The van der Waals surface area contributed by atoms with Gasteiger partial charge in [0.25, 0.3) is 0 Å². The number of amides is 2. The third kappa shape index (κ3) is 7.45. The van der Waals surface area contributed by atoms with Gasteiger partial charge in [-0.15, -0.1) is 0 Å². The Kier molecular flexibility index (Phi) is 8.55. The van der Waals surface area contributed by atoms with Crippen LogP contribution in [0.2, 0.25) is 0 Å². The molecule has 0 aliphatic carbocycles. The molecule has 2 aromatic rings. The monoisotopic (exact) mass is 426 g/mol. The molecule has 2 amide bonds. The number of carbonyl (C=O) groups is 2. The fourth-order valence-corrected chi connectivity index (χ4v) is 3.81. The number of nitrogens with one attached hydrogen (secondary N) is 2. The van der Waals surface area contributed by atoms with Crippen molar-refractivity contribution >= 4 is 17.5 Å². The molecule has 0 saturated carbocycles. The molecule has 3 rings (SSSR count). The molecule has 166 valence electrons. The summed E-state index contributed by atoms with van der Waals surface area (Å²) in [6.07, 6.45) is 1.90. The minimum Gasteiger partial charge on any atom is -0.348 e. The Labute approximate surface area is 183 Å². The summed E-state index contributed by atoms with van der Waals surface area (Å²) in [5, 5.41) is 5.89. The first-order valence-corrected chi connectivity index (χ1v) is 10.9. The van der Waals surface area contributed by atoms with Crippen LogP contribution in [0, 0.1) is 5.82 Å². The smallest absolute Gasteiger partial charge is 0.238 e. The van der Waals surface area contributed by atoms with E-state index in [1.54, 1.807) is 12.1 Å². The molecule has 1 atom stereocenters. The van der Waals surface area contributed by atoms with Crippen LogP contribution in [-0.2, 0) is 9.59 Å². The van der Waals surface area contributed by atoms with Gasteiger partial charge in [-0.25, -0.2) is 4.39 Å². The predicted octanol–water partition coefficient (Wildman–Crippen LogP) is 3.04. The molecule has 0 aromatic heterocycles. The van der Waals surface area contributed by atoms with Crippen LogP contribution in [0.3, 0.4) is 0 Å². The van der Waals surface area contributed by atoms with Crippen LogP contribution < -0.4 is 10.6 Å². The van der Waals surface area contributed by atoms with Crippen LogP contribution in [0.25, 0.3) is 0 Å². The molecule has 0 radical (unpaired) electrons. The van der Waals surface area contributed by atoms with Crippen LogP contribution in [0.1, 0.15) is 31.4 Å². The molecule has 0 spiro atoms. The van der Waals surface area contributed by atoms with Gasteiger partial charge in [-0.1, -0.05) is 49.7 Å². The Morgan fingerprint density at radius 2 is 1.58 bits per heavy atom. The number of hydrogen-bond donors (Lipinski definition) is 2. The van der Waals surface area contributed by atoms with Crippen molar-refractivity contribution in [1.29, 1.82) is 0 Å². The van der Waals surface area contributed by atoms with Crippen LogP contribution in [0.4, 0.5) is 10.1 Å². The highest BCUT2D eigenvalue weighted by Gasteiger charge is 2.22. The van der Waals surface area contributed by atoms with E-state index in [0.29, 0.717) is 25.3 Å². The molecular weight excluding hydrogens is 395 g/mol. The molecule has 2 aromatic carbocycles. The number of carbonyl (C=O) groups excluding carboxylic acids is 2. The standard InChI is InChI=1S/C24H31FN4O2/c1-2-7-22(19-8-4-3-5-9-19)27-24(31)18-29-14-12-28(13-15-29)17-23(30)26-21-11-6-10-20(25)16-21/h3-6,8-11,16,22H,2,7,12-15,17-18H2,1H3,(H,26,30)(H,27,31)/t22-/m0/s1. The van der Waals surface area contributed by atoms with E-state index >= 15 is 0 Å². The Balaban J connectivity index is 1.41. The maximum Gasteiger partial charge on any atom is 0.238 e. The largest absolute Gasteiger partial charge is 0.348 e. The Morgan fingerprint density at radius 1 is 0.935 bits per heavy atom. The van der Waals surface area contributed by atoms with Crippen LogP contribution >= 0.6 is 0 Å². The van der Waals surface area contributed by atoms with Gasteiger partial charge in [0.2, 0.25) is 11.8 Å². The van der Waals surface area contributed by atoms with Crippen LogP contribution in [-0.4, -0.2) is 60.9 Å². The molecule has 1 aliphatic heterocycles. The van der Waals surface area contributed by atoms with Gasteiger partial charge in [0.1, 0.15) is 5.82 Å². The lowest BCUT2D eigenvalue weighted by Crippen LogP contribution is -2.51. The maximum atomic E-state index is 13.2. The molecule has 0 unspecified atom stereocenters. The van der Waals surface area contributed by atoms with Gasteiger partial charge in [-0.05, 0) is 30.2 Å². The number of benzene rings is 2. The maximum absolute atomic E-state index is 13.2. The average Bonchev–Trinajstić information content (AvgIpc) is 2.75. The van der Waals surface area contributed by atoms with E-state index in [2.05, 4.69) is 22.5 Å². The second-order valence-electron chi connectivity index (χ2n) is 7.93. The number of nitrogens with zero attached hydrogens (tertiary/aromatic N) is 2. The van der Waals surface area contributed by atoms with Gasteiger partial charge in [0.15, 0.2) is 0 Å². The Bertz CT molecular complexity index is 854. The van der Waals surface area contributed by atoms with Crippen molar-refractivity contribution in [2.24, 2.45) is 0 Å². The molecule has 1 saturated heterocycles. The van der Waals surface area contributed by atoms with E-state index < -0.39 is 0 Å². The highest BCUT2D eigenvalue weighted by molar-refractivity contribution is 5.92. The highest BCUT2D eigenvalue weighted by atomic mass is 19.1. The summed E-state index contributed by atoms with van der Waals surface area (Å²) in [7, 11) is 0. The predicted molar refractivity (Wildman–Crippen MR) is 120 cm³/mol. The zero-order valence-electron chi connectivity index (χ0n) is 18.0. The summed E-state index contributed by atoms with van der Waals surface area (Å²) in [5.41, 5.74) is 1.59. The third-order valence-electron chi connectivity index (χ3n) is 5.42. The molecule has 0 bridgehead atoms. The summed E-state index contributed by atoms with van der Waals surface area (Å²) in [6, 6.07) is 16.0. The summed E-state index contributed by atoms with van der Waals surface area (Å²) in [6.45, 7) is 5.60. The van der Waals surface area contributed by atoms with Crippen LogP contribution in [0.5, 0.6) is 0 Å². The lowest BCUT2D eigenvalue weighted by atomic mass is 10.0. The number of piperazine rings is 1. The summed E-state index contributed by atoms with van der Waals surface area (Å²) >= 11 is 0. The number of hydrogen-bond acceptors (Lipinski definition) is 4. The molecule has 2 N–H and O–H groups in total. The molecule has 1 aliphatic rings. The Morgan fingerprint density at radius 3 is 2.19 bits per heavy atom. The van der Waals surface area contributed by atoms with E-state index in [4.69, 9.17) is 0 Å². The van der Waals surface area contributed by atoms with Gasteiger partial charge in [-0.2, -0.15) is 0 Å². The summed E-state index contributed by atoms with van der Waals surface area (Å²) in [4.78, 5) is 29.0. The van der Waals surface area contributed by atoms with Gasteiger partial charge >= 0.3 is 0 Å². The van der Waals surface area contributed by atoms with Gasteiger partial charge in [-0.3, -0.25) is 19.4 Å². The average molecular weight is 427 g/mol. The number of rotatable bonds is 9. The lowest BCUT2D eigenvalue weighted by molar-refractivity contribution is -0.124. The number of halogens is 1. The molecule has 1 heterocycles. The first-order valence-electron chi connectivity index (χ1n) is 10.9. The van der Waals surface area contributed by atoms with Gasteiger partial charge in [0.05, 0.1) is 19.1 Å². The molecular formula is C24H31FN4O2. The van der Waals surface area contributed by atoms with E-state index in [1.807, 2.05) is 35.2 Å². The highest BCUT2D eigenvalue weighted by Crippen LogP contribution is 2.18. The molecule has 6 nitrogen and oxygen atoms in total. The van der Waals surface area contributed by atoms with Crippen molar-refractivity contribution in [1.82, 2.24) is 15.1 Å². The second kappa shape index (κ2) is 11.6. The first kappa shape index (κ1) is 22.9. The van der Waals surface area contributed by atoms with Gasteiger partial charge in [0, 0.05) is 31.9 Å². The van der Waals surface area contributed by atoms with Crippen molar-refractivity contribution in [3.63, 3.8) is 0 Å². The molecule has 7 heteroatoms. The van der Waals surface area contributed by atoms with E-state index in [0.717, 1.165) is 31.5 Å². The van der Waals surface area contributed by atoms with Gasteiger partial charge < -0.3 is 10.6 Å². The zero-order valence-corrected chi connectivity index (χ0v) is 18.0. The normalized spacial score (nSPS) is 15.9. The first-order chi connectivity index (χ1) is 15.0. The van der Waals surface area contributed by atoms with Crippen LogP contribution in [0.15, 0.2) is 54.6 Å². The Hall–Kier alpha value is -2.77. The quantitative estimate of drug-likeness (QED) is 0.647. The lowest BCUT2D eigenvalue weighted by Gasteiger charge is -2.34. The third-order valence-corrected chi connectivity index (χ3v) is 5.42. The molecule has 1 fully saturated rings. The van der Waals surface area contributed by atoms with Crippen molar-refractivity contribution in [3.05, 3.63) is 66.0 Å².